The molecule has 0 bridgehead atoms. The number of aromatic nitrogens is 4. The van der Waals surface area contributed by atoms with Crippen LogP contribution in [0.25, 0.3) is 11.0 Å². The van der Waals surface area contributed by atoms with Crippen LogP contribution in [0.15, 0.2) is 61.2 Å². The van der Waals surface area contributed by atoms with E-state index in [1.165, 1.54) is 11.7 Å². The van der Waals surface area contributed by atoms with Gasteiger partial charge in [-0.15, -0.1) is 0 Å². The largest absolute Gasteiger partial charge is 0.741 e. The van der Waals surface area contributed by atoms with E-state index in [0.717, 1.165) is 33.3 Å². The summed E-state index contributed by atoms with van der Waals surface area (Å²) in [5.41, 5.74) is -6.05. The molecule has 3 aromatic heterocycles. The van der Waals surface area contributed by atoms with Gasteiger partial charge >= 0.3 is 11.0 Å². The van der Waals surface area contributed by atoms with Gasteiger partial charge in [-0.3, -0.25) is 0 Å². The second-order valence-electron chi connectivity index (χ2n) is 7.94. The number of halogens is 6. The minimum Gasteiger partial charge on any atom is -0.741 e. The van der Waals surface area contributed by atoms with Crippen molar-refractivity contribution >= 4 is 43.0 Å². The first-order valence-corrected chi connectivity index (χ1v) is 14.5. The van der Waals surface area contributed by atoms with Gasteiger partial charge < -0.3 is 9.11 Å². The Kier molecular flexibility index (Phi) is 11.3. The lowest BCUT2D eigenvalue weighted by Crippen LogP contribution is -2.26. The lowest BCUT2D eigenvalue weighted by molar-refractivity contribution is -0.671. The summed E-state index contributed by atoms with van der Waals surface area (Å²) in [7, 11) is -8.22. The van der Waals surface area contributed by atoms with Crippen molar-refractivity contribution in [3.05, 3.63) is 83.4 Å². The molecular formula is C24H16F6N4O6S3. The molecule has 0 atom stereocenters. The van der Waals surface area contributed by atoms with Gasteiger partial charge in [-0.1, -0.05) is 23.7 Å². The number of nitrogens with zero attached hydrogens (tertiary/aromatic N) is 4. The Balaban J connectivity index is 0.000000334. The number of fused-ring (bicyclic) bond motifs is 1. The van der Waals surface area contributed by atoms with E-state index in [1.807, 2.05) is 84.4 Å². The molecule has 0 saturated heterocycles. The van der Waals surface area contributed by atoms with E-state index in [4.69, 9.17) is 25.9 Å². The number of hydrogen-bond acceptors (Lipinski definition) is 9. The molecular weight excluding hydrogens is 650 g/mol. The maximum absolute atomic E-state index is 10.7. The van der Waals surface area contributed by atoms with Gasteiger partial charge in [0, 0.05) is 12.1 Å². The summed E-state index contributed by atoms with van der Waals surface area (Å²) in [6, 6.07) is 11.9. The molecule has 0 aliphatic heterocycles. The zero-order valence-corrected chi connectivity index (χ0v) is 24.0. The SMILES string of the molecule is C[n+]1cccc(C#Cc2ccc(C#Cc3ccc[n+](C)c3)c3nsnc23)c1.O=S(=O)([O-])C(F)(F)F.O=S(=O)([O-])C(F)(F)F. The van der Waals surface area contributed by atoms with Crippen LogP contribution >= 0.6 is 11.7 Å². The van der Waals surface area contributed by atoms with E-state index < -0.39 is 31.3 Å². The van der Waals surface area contributed by atoms with Gasteiger partial charge in [0.1, 0.15) is 25.1 Å². The molecule has 0 aliphatic carbocycles. The quantitative estimate of drug-likeness (QED) is 0.0913. The molecule has 0 unspecified atom stereocenters. The maximum atomic E-state index is 10.7. The smallest absolute Gasteiger partial charge is 0.485 e. The van der Waals surface area contributed by atoms with Crippen LogP contribution in [0.1, 0.15) is 22.3 Å². The Hall–Kier alpha value is -4.14. The maximum Gasteiger partial charge on any atom is 0.485 e. The summed E-state index contributed by atoms with van der Waals surface area (Å²) in [5.74, 6) is 12.8. The van der Waals surface area contributed by atoms with Gasteiger partial charge in [-0.05, 0) is 24.3 Å². The Labute approximate surface area is 245 Å². The van der Waals surface area contributed by atoms with E-state index in [1.54, 1.807) is 0 Å². The lowest BCUT2D eigenvalue weighted by Gasteiger charge is -2.08. The molecule has 0 fully saturated rings. The topological polar surface area (TPSA) is 148 Å². The minimum atomic E-state index is -6.09. The standard InChI is InChI=1S/C22H16N4S.2CHF3O3S/c1-25-13-3-5-17(15-25)7-9-19-11-12-20(22-21(19)23-27-24-22)10-8-18-6-4-14-26(2)16-18;2*2-1(3,4)8(5,6)7/h3-6,11-16H,1-2H3;2*(H,5,6,7)/q+2;;/p-2. The van der Waals surface area contributed by atoms with Crippen molar-refractivity contribution in [2.75, 3.05) is 0 Å². The molecule has 1 aromatic carbocycles. The summed E-state index contributed by atoms with van der Waals surface area (Å²) < 4.78 is 131. The van der Waals surface area contributed by atoms with Crippen molar-refractivity contribution in [3.63, 3.8) is 0 Å². The molecule has 0 N–H and O–H groups in total. The number of hydrogen-bond donors (Lipinski definition) is 0. The third kappa shape index (κ3) is 10.9. The Morgan fingerprint density at radius 1 is 0.674 bits per heavy atom. The van der Waals surface area contributed by atoms with Crippen LogP contribution in [0.4, 0.5) is 26.3 Å². The third-order valence-electron chi connectivity index (χ3n) is 4.54. The molecule has 0 amide bonds. The fourth-order valence-electron chi connectivity index (χ4n) is 2.67. The highest BCUT2D eigenvalue weighted by molar-refractivity contribution is 7.86. The number of benzene rings is 1. The summed E-state index contributed by atoms with van der Waals surface area (Å²) in [4.78, 5) is 0. The van der Waals surface area contributed by atoms with Crippen molar-refractivity contribution in [1.29, 1.82) is 0 Å². The van der Waals surface area contributed by atoms with Crippen molar-refractivity contribution in [2.45, 2.75) is 11.0 Å². The predicted molar refractivity (Wildman–Crippen MR) is 136 cm³/mol. The average Bonchev–Trinajstić information content (AvgIpc) is 3.36. The molecule has 228 valence electrons. The Morgan fingerprint density at radius 3 is 1.28 bits per heavy atom. The van der Waals surface area contributed by atoms with Gasteiger partial charge in [0.25, 0.3) is 0 Å². The second-order valence-corrected chi connectivity index (χ2v) is 11.2. The highest BCUT2D eigenvalue weighted by Crippen LogP contribution is 2.22. The zero-order chi connectivity index (χ0) is 32.6. The van der Waals surface area contributed by atoms with Gasteiger partial charge in [0.05, 0.1) is 34.0 Å². The predicted octanol–water partition coefficient (Wildman–Crippen LogP) is 2.24. The van der Waals surface area contributed by atoms with E-state index in [9.17, 15) is 26.3 Å². The third-order valence-corrected chi connectivity index (χ3v) is 6.21. The number of rotatable bonds is 0. The van der Waals surface area contributed by atoms with Crippen LogP contribution in [0.2, 0.25) is 0 Å². The van der Waals surface area contributed by atoms with Crippen LogP contribution < -0.4 is 9.13 Å². The highest BCUT2D eigenvalue weighted by Gasteiger charge is 2.37. The molecule has 0 saturated carbocycles. The number of alkyl halides is 6. The number of aryl methyl sites for hydroxylation is 2. The molecule has 43 heavy (non-hydrogen) atoms. The average molecular weight is 667 g/mol. The highest BCUT2D eigenvalue weighted by atomic mass is 32.2. The summed E-state index contributed by atoms with van der Waals surface area (Å²) in [5, 5.41) is 0. The first-order chi connectivity index (χ1) is 19.7. The van der Waals surface area contributed by atoms with Crippen LogP contribution in [-0.4, -0.2) is 45.7 Å². The van der Waals surface area contributed by atoms with Crippen LogP contribution in [0.3, 0.4) is 0 Å². The molecule has 0 radical (unpaired) electrons. The van der Waals surface area contributed by atoms with E-state index >= 15 is 0 Å². The first kappa shape index (κ1) is 35.1. The molecule has 10 nitrogen and oxygen atoms in total. The molecule has 3 heterocycles. The zero-order valence-electron chi connectivity index (χ0n) is 21.5. The fraction of sp³-hybridized carbons (Fsp3) is 0.167. The molecule has 0 aliphatic rings. The van der Waals surface area contributed by atoms with E-state index in [0.29, 0.717) is 0 Å². The minimum absolute atomic E-state index is 0.804. The van der Waals surface area contributed by atoms with Crippen LogP contribution in [0, 0.1) is 23.7 Å². The Morgan fingerprint density at radius 2 is 1.00 bits per heavy atom. The van der Waals surface area contributed by atoms with Gasteiger partial charge in [0.2, 0.25) is 0 Å². The van der Waals surface area contributed by atoms with E-state index in [2.05, 4.69) is 32.4 Å². The van der Waals surface area contributed by atoms with Crippen molar-refractivity contribution in [2.24, 2.45) is 14.1 Å². The van der Waals surface area contributed by atoms with Crippen molar-refractivity contribution in [1.82, 2.24) is 8.75 Å². The normalized spacial score (nSPS) is 11.5. The van der Waals surface area contributed by atoms with Crippen molar-refractivity contribution in [3.8, 4) is 23.7 Å². The fourth-order valence-corrected chi connectivity index (χ4v) is 3.24. The van der Waals surface area contributed by atoms with Gasteiger partial charge in [-0.25, -0.2) is 26.0 Å². The van der Waals surface area contributed by atoms with Gasteiger partial charge in [-0.2, -0.15) is 35.1 Å². The van der Waals surface area contributed by atoms with Crippen LogP contribution in [0.5, 0.6) is 0 Å². The summed E-state index contributed by atoms with van der Waals surface area (Å²) in [6.45, 7) is 0. The number of pyridine rings is 2. The molecule has 0 spiro atoms. The lowest BCUT2D eigenvalue weighted by atomic mass is 10.1. The second kappa shape index (κ2) is 13.9. The summed E-state index contributed by atoms with van der Waals surface area (Å²) >= 11 is 1.19. The summed E-state index contributed by atoms with van der Waals surface area (Å²) in [6.07, 6.45) is 7.94. The molecule has 4 aromatic rings. The first-order valence-electron chi connectivity index (χ1n) is 10.9. The van der Waals surface area contributed by atoms with E-state index in [-0.39, 0.29) is 0 Å². The Bertz CT molecular complexity index is 1810. The van der Waals surface area contributed by atoms with Crippen molar-refractivity contribution < 1.29 is 61.4 Å². The van der Waals surface area contributed by atoms with Crippen LogP contribution in [-0.2, 0) is 34.3 Å². The van der Waals surface area contributed by atoms with Gasteiger partial charge in [0.15, 0.2) is 45.0 Å². The molecule has 19 heteroatoms. The molecule has 4 rings (SSSR count). The monoisotopic (exact) mass is 666 g/mol.